The van der Waals surface area contributed by atoms with Crippen molar-refractivity contribution in [3.05, 3.63) is 70.3 Å². The van der Waals surface area contributed by atoms with Gasteiger partial charge in [0, 0.05) is 0 Å². The molecule has 2 aromatic carbocycles. The summed E-state index contributed by atoms with van der Waals surface area (Å²) in [7, 11) is 0. The summed E-state index contributed by atoms with van der Waals surface area (Å²) < 4.78 is 0.0911. The van der Waals surface area contributed by atoms with Crippen molar-refractivity contribution >= 4 is 43.7 Å². The van der Waals surface area contributed by atoms with E-state index in [2.05, 4.69) is 31.9 Å². The van der Waals surface area contributed by atoms with Gasteiger partial charge in [0.1, 0.15) is 0 Å². The number of amides is 2. The molecule has 5 heteroatoms. The van der Waals surface area contributed by atoms with Crippen LogP contribution in [0.2, 0.25) is 0 Å². The minimum absolute atomic E-state index is 0.0911. The SMILES string of the molecule is Cc1cc(CN2C(=O)c3ccccc3C2=O)ccc1C(Br)Br. The summed E-state index contributed by atoms with van der Waals surface area (Å²) in [6.07, 6.45) is 0. The lowest BCUT2D eigenvalue weighted by atomic mass is 10.1. The summed E-state index contributed by atoms with van der Waals surface area (Å²) in [6.45, 7) is 2.30. The third kappa shape index (κ3) is 2.63. The van der Waals surface area contributed by atoms with Crippen molar-refractivity contribution in [2.75, 3.05) is 0 Å². The number of hydrogen-bond donors (Lipinski definition) is 0. The second kappa shape index (κ2) is 5.97. The zero-order valence-corrected chi connectivity index (χ0v) is 15.0. The van der Waals surface area contributed by atoms with Crippen molar-refractivity contribution in [2.45, 2.75) is 17.2 Å². The number of benzene rings is 2. The van der Waals surface area contributed by atoms with Gasteiger partial charge in [-0.15, -0.1) is 0 Å². The Labute approximate surface area is 145 Å². The number of imide groups is 1. The molecule has 3 nitrogen and oxygen atoms in total. The van der Waals surface area contributed by atoms with Gasteiger partial charge < -0.3 is 0 Å². The van der Waals surface area contributed by atoms with Crippen LogP contribution in [0.4, 0.5) is 0 Å². The van der Waals surface area contributed by atoms with Crippen LogP contribution >= 0.6 is 31.9 Å². The fourth-order valence-corrected chi connectivity index (χ4v) is 3.67. The molecule has 0 aromatic heterocycles. The highest BCUT2D eigenvalue weighted by Crippen LogP contribution is 2.32. The highest BCUT2D eigenvalue weighted by Gasteiger charge is 2.34. The molecule has 0 N–H and O–H groups in total. The molecule has 0 aliphatic carbocycles. The van der Waals surface area contributed by atoms with E-state index in [-0.39, 0.29) is 15.6 Å². The lowest BCUT2D eigenvalue weighted by molar-refractivity contribution is 0.0642. The maximum atomic E-state index is 12.4. The van der Waals surface area contributed by atoms with Gasteiger partial charge in [0.15, 0.2) is 0 Å². The van der Waals surface area contributed by atoms with Gasteiger partial charge in [0.2, 0.25) is 0 Å². The molecule has 0 unspecified atom stereocenters. The van der Waals surface area contributed by atoms with Crippen LogP contribution in [-0.2, 0) is 6.54 Å². The molecule has 112 valence electrons. The van der Waals surface area contributed by atoms with E-state index >= 15 is 0 Å². The molecule has 0 spiro atoms. The number of halogens is 2. The van der Waals surface area contributed by atoms with Crippen molar-refractivity contribution < 1.29 is 9.59 Å². The van der Waals surface area contributed by atoms with Crippen LogP contribution in [0.25, 0.3) is 0 Å². The topological polar surface area (TPSA) is 37.4 Å². The summed E-state index contributed by atoms with van der Waals surface area (Å²) in [4.78, 5) is 26.0. The van der Waals surface area contributed by atoms with Crippen LogP contribution in [0.1, 0.15) is 41.1 Å². The van der Waals surface area contributed by atoms with Crippen LogP contribution in [0.5, 0.6) is 0 Å². The molecule has 0 saturated carbocycles. The van der Waals surface area contributed by atoms with Crippen LogP contribution in [-0.4, -0.2) is 16.7 Å². The average Bonchev–Trinajstić information content (AvgIpc) is 2.73. The quantitative estimate of drug-likeness (QED) is 0.536. The number of aryl methyl sites for hydroxylation is 1. The molecule has 0 fully saturated rings. The van der Waals surface area contributed by atoms with E-state index in [9.17, 15) is 9.59 Å². The number of carbonyl (C=O) groups is 2. The molecule has 0 atom stereocenters. The third-order valence-electron chi connectivity index (χ3n) is 3.79. The van der Waals surface area contributed by atoms with E-state index < -0.39 is 0 Å². The van der Waals surface area contributed by atoms with Crippen molar-refractivity contribution in [1.29, 1.82) is 0 Å². The van der Waals surface area contributed by atoms with Crippen molar-refractivity contribution in [1.82, 2.24) is 4.90 Å². The molecular weight excluding hydrogens is 410 g/mol. The standard InChI is InChI=1S/C17H13Br2NO2/c1-10-8-11(6-7-12(10)15(18)19)9-20-16(21)13-4-2-3-5-14(13)17(20)22/h2-8,15H,9H2,1H3. The summed E-state index contributed by atoms with van der Waals surface area (Å²) in [6, 6.07) is 12.9. The van der Waals surface area contributed by atoms with Gasteiger partial charge in [-0.2, -0.15) is 0 Å². The van der Waals surface area contributed by atoms with Crippen molar-refractivity contribution in [3.63, 3.8) is 0 Å². The Morgan fingerprint density at radius 1 is 1.00 bits per heavy atom. The second-order valence-corrected chi connectivity index (χ2v) is 8.29. The number of carbonyl (C=O) groups excluding carboxylic acids is 2. The Hall–Kier alpha value is -1.46. The molecule has 1 heterocycles. The normalized spacial score (nSPS) is 13.9. The Morgan fingerprint density at radius 3 is 2.09 bits per heavy atom. The summed E-state index contributed by atoms with van der Waals surface area (Å²) in [5.74, 6) is -0.442. The summed E-state index contributed by atoms with van der Waals surface area (Å²) in [5, 5.41) is 0. The predicted octanol–water partition coefficient (Wildman–Crippen LogP) is 4.58. The summed E-state index contributed by atoms with van der Waals surface area (Å²) in [5.41, 5.74) is 4.15. The Morgan fingerprint density at radius 2 is 1.59 bits per heavy atom. The first kappa shape index (κ1) is 15.4. The van der Waals surface area contributed by atoms with Gasteiger partial charge in [0.25, 0.3) is 11.8 Å². The molecule has 0 saturated heterocycles. The van der Waals surface area contributed by atoms with E-state index in [1.54, 1.807) is 24.3 Å². The molecule has 2 aromatic rings. The minimum atomic E-state index is -0.221. The van der Waals surface area contributed by atoms with Gasteiger partial charge in [-0.3, -0.25) is 14.5 Å². The van der Waals surface area contributed by atoms with E-state index in [1.807, 2.05) is 25.1 Å². The van der Waals surface area contributed by atoms with E-state index in [4.69, 9.17) is 0 Å². The molecule has 0 bridgehead atoms. The molecule has 0 radical (unpaired) electrons. The second-order valence-electron chi connectivity index (χ2n) is 5.23. The van der Waals surface area contributed by atoms with Gasteiger partial charge >= 0.3 is 0 Å². The predicted molar refractivity (Wildman–Crippen MR) is 92.4 cm³/mol. The van der Waals surface area contributed by atoms with Gasteiger partial charge in [-0.05, 0) is 35.7 Å². The van der Waals surface area contributed by atoms with E-state index in [0.717, 1.165) is 16.7 Å². The average molecular weight is 423 g/mol. The first-order valence-corrected chi connectivity index (χ1v) is 8.65. The molecule has 1 aliphatic heterocycles. The highest BCUT2D eigenvalue weighted by atomic mass is 79.9. The minimum Gasteiger partial charge on any atom is -0.270 e. The fourth-order valence-electron chi connectivity index (χ4n) is 2.65. The summed E-state index contributed by atoms with van der Waals surface area (Å²) >= 11 is 6.97. The van der Waals surface area contributed by atoms with Crippen molar-refractivity contribution in [2.24, 2.45) is 0 Å². The largest absolute Gasteiger partial charge is 0.270 e. The molecule has 22 heavy (non-hydrogen) atoms. The van der Waals surface area contributed by atoms with Crippen LogP contribution in [0.3, 0.4) is 0 Å². The smallest absolute Gasteiger partial charge is 0.261 e. The number of fused-ring (bicyclic) bond motifs is 1. The first-order chi connectivity index (χ1) is 10.5. The fraction of sp³-hybridized carbons (Fsp3) is 0.176. The molecule has 3 rings (SSSR count). The van der Waals surface area contributed by atoms with Crippen molar-refractivity contribution in [3.8, 4) is 0 Å². The number of hydrogen-bond acceptors (Lipinski definition) is 2. The Balaban J connectivity index is 1.88. The van der Waals surface area contributed by atoms with E-state index in [0.29, 0.717) is 17.7 Å². The van der Waals surface area contributed by atoms with Crippen LogP contribution in [0.15, 0.2) is 42.5 Å². The van der Waals surface area contributed by atoms with Gasteiger partial charge in [-0.25, -0.2) is 0 Å². The highest BCUT2D eigenvalue weighted by molar-refractivity contribution is 9.24. The number of rotatable bonds is 3. The zero-order valence-electron chi connectivity index (χ0n) is 11.8. The third-order valence-corrected chi connectivity index (χ3v) is 4.77. The van der Waals surface area contributed by atoms with Crippen LogP contribution in [0, 0.1) is 6.92 Å². The van der Waals surface area contributed by atoms with Gasteiger partial charge in [-0.1, -0.05) is 62.2 Å². The zero-order chi connectivity index (χ0) is 15.9. The maximum absolute atomic E-state index is 12.4. The first-order valence-electron chi connectivity index (χ1n) is 6.82. The molecule has 2 amide bonds. The maximum Gasteiger partial charge on any atom is 0.261 e. The molecular formula is C17H13Br2NO2. The lowest BCUT2D eigenvalue weighted by Gasteiger charge is -2.15. The Kier molecular flexibility index (Phi) is 4.19. The molecule has 1 aliphatic rings. The lowest BCUT2D eigenvalue weighted by Crippen LogP contribution is -2.29. The van der Waals surface area contributed by atoms with Gasteiger partial charge in [0.05, 0.1) is 21.4 Å². The van der Waals surface area contributed by atoms with Crippen LogP contribution < -0.4 is 0 Å². The number of alkyl halides is 2. The number of nitrogens with zero attached hydrogens (tertiary/aromatic N) is 1. The monoisotopic (exact) mass is 421 g/mol. The van der Waals surface area contributed by atoms with E-state index in [1.165, 1.54) is 4.90 Å². The Bertz CT molecular complexity index is 736.